The molecular formula is C6H14O3Si. The first-order valence-corrected chi connectivity index (χ1v) is 4.84. The second kappa shape index (κ2) is 4.62. The second-order valence-electron chi connectivity index (χ2n) is 1.72. The van der Waals surface area contributed by atoms with Crippen LogP contribution in [0, 0.1) is 0 Å². The molecule has 0 N–H and O–H groups in total. The Labute approximate surface area is 63.0 Å². The summed E-state index contributed by atoms with van der Waals surface area (Å²) in [5.74, 6) is 0. The van der Waals surface area contributed by atoms with Gasteiger partial charge in [-0.2, -0.15) is 0 Å². The molecule has 0 atom stereocenters. The van der Waals surface area contributed by atoms with Crippen molar-refractivity contribution >= 4 is 8.80 Å². The minimum absolute atomic E-state index is 1.58. The van der Waals surface area contributed by atoms with Crippen LogP contribution in [0.5, 0.6) is 0 Å². The fraction of sp³-hybridized carbons (Fsp3) is 0.667. The molecule has 0 spiro atoms. The van der Waals surface area contributed by atoms with Crippen molar-refractivity contribution in [1.82, 2.24) is 0 Å². The Bertz CT molecular complexity index is 101. The minimum Gasteiger partial charge on any atom is -0.374 e. The molecular weight excluding hydrogens is 148 g/mol. The summed E-state index contributed by atoms with van der Waals surface area (Å²) in [7, 11) is 2.35. The molecule has 60 valence electrons. The van der Waals surface area contributed by atoms with Crippen LogP contribution in [-0.4, -0.2) is 30.1 Å². The first-order chi connectivity index (χ1) is 4.74. The van der Waals surface area contributed by atoms with Gasteiger partial charge in [0.05, 0.1) is 0 Å². The molecule has 3 nitrogen and oxygen atoms in total. The molecule has 0 aliphatic carbocycles. The van der Waals surface area contributed by atoms with E-state index in [0.717, 1.165) is 0 Å². The van der Waals surface area contributed by atoms with Crippen LogP contribution in [0.4, 0.5) is 0 Å². The monoisotopic (exact) mass is 162 g/mol. The Morgan fingerprint density at radius 2 is 1.40 bits per heavy atom. The van der Waals surface area contributed by atoms with Gasteiger partial charge in [0.15, 0.2) is 0 Å². The summed E-state index contributed by atoms with van der Waals surface area (Å²) in [6.07, 6.45) is 1.86. The Kier molecular flexibility index (Phi) is 4.55. The predicted octanol–water partition coefficient (Wildman–Crippen LogP) is 0.980. The average Bonchev–Trinajstić information content (AvgIpc) is 2.01. The summed E-state index contributed by atoms with van der Waals surface area (Å²) in [6.45, 7) is 1.90. The first-order valence-electron chi connectivity index (χ1n) is 3.04. The normalized spacial score (nSPS) is 12.8. The van der Waals surface area contributed by atoms with Gasteiger partial charge in [-0.05, 0) is 12.6 Å². The van der Waals surface area contributed by atoms with Gasteiger partial charge in [0.2, 0.25) is 0 Å². The summed E-state index contributed by atoms with van der Waals surface area (Å²) in [4.78, 5) is 0. The zero-order valence-electron chi connectivity index (χ0n) is 6.88. The lowest BCUT2D eigenvalue weighted by Gasteiger charge is -2.19. The fourth-order valence-corrected chi connectivity index (χ4v) is 1.97. The Hall–Kier alpha value is -0.163. The number of allylic oxidation sites excluding steroid dienone is 1. The molecule has 0 aliphatic heterocycles. The largest absolute Gasteiger partial charge is 0.528 e. The van der Waals surface area contributed by atoms with Gasteiger partial charge in [-0.1, -0.05) is 6.08 Å². The lowest BCUT2D eigenvalue weighted by Crippen LogP contribution is -2.40. The topological polar surface area (TPSA) is 27.7 Å². The third kappa shape index (κ3) is 2.22. The van der Waals surface area contributed by atoms with Crippen molar-refractivity contribution in [2.24, 2.45) is 0 Å². The molecule has 0 amide bonds. The molecule has 0 radical (unpaired) electrons. The Morgan fingerprint density at radius 1 is 1.00 bits per heavy atom. The highest BCUT2D eigenvalue weighted by molar-refractivity contribution is 6.66. The zero-order chi connectivity index (χ0) is 8.04. The highest BCUT2D eigenvalue weighted by Gasteiger charge is 2.33. The number of hydrogen-bond acceptors (Lipinski definition) is 3. The van der Waals surface area contributed by atoms with Crippen LogP contribution >= 0.6 is 0 Å². The van der Waals surface area contributed by atoms with Gasteiger partial charge >= 0.3 is 8.80 Å². The Balaban J connectivity index is 4.15. The third-order valence-corrected chi connectivity index (χ3v) is 3.67. The van der Waals surface area contributed by atoms with Gasteiger partial charge in [0.25, 0.3) is 0 Å². The van der Waals surface area contributed by atoms with E-state index in [1.807, 2.05) is 18.7 Å². The summed E-state index contributed by atoms with van der Waals surface area (Å²) in [5.41, 5.74) is 1.83. The maximum atomic E-state index is 5.08. The minimum atomic E-state index is -2.40. The van der Waals surface area contributed by atoms with Gasteiger partial charge in [-0.3, -0.25) is 0 Å². The lowest BCUT2D eigenvalue weighted by molar-refractivity contribution is 0.138. The van der Waals surface area contributed by atoms with E-state index in [-0.39, 0.29) is 0 Å². The van der Waals surface area contributed by atoms with Gasteiger partial charge in [-0.15, -0.1) is 0 Å². The van der Waals surface area contributed by atoms with E-state index in [1.54, 1.807) is 21.3 Å². The van der Waals surface area contributed by atoms with E-state index in [2.05, 4.69) is 0 Å². The molecule has 4 heteroatoms. The third-order valence-electron chi connectivity index (χ3n) is 1.22. The maximum Gasteiger partial charge on any atom is 0.528 e. The van der Waals surface area contributed by atoms with Gasteiger partial charge in [0.1, 0.15) is 0 Å². The van der Waals surface area contributed by atoms with E-state index in [0.29, 0.717) is 0 Å². The van der Waals surface area contributed by atoms with Crippen LogP contribution in [0.1, 0.15) is 6.92 Å². The van der Waals surface area contributed by atoms with E-state index < -0.39 is 8.80 Å². The summed E-state index contributed by atoms with van der Waals surface area (Å²) in [5, 5.41) is 0. The van der Waals surface area contributed by atoms with Crippen molar-refractivity contribution in [2.75, 3.05) is 21.3 Å². The van der Waals surface area contributed by atoms with Crippen LogP contribution in [0.15, 0.2) is 11.8 Å². The van der Waals surface area contributed by atoms with Crippen LogP contribution in [0.25, 0.3) is 0 Å². The summed E-state index contributed by atoms with van der Waals surface area (Å²) >= 11 is 0. The SMILES string of the molecule is C/C=C\[Si](OC)(OC)OC. The quantitative estimate of drug-likeness (QED) is 0.577. The molecule has 0 aromatic rings. The summed E-state index contributed by atoms with van der Waals surface area (Å²) < 4.78 is 15.3. The van der Waals surface area contributed by atoms with E-state index >= 15 is 0 Å². The number of hydrogen-bond donors (Lipinski definition) is 0. The molecule has 0 unspecified atom stereocenters. The van der Waals surface area contributed by atoms with Crippen molar-refractivity contribution in [1.29, 1.82) is 0 Å². The van der Waals surface area contributed by atoms with E-state index in [9.17, 15) is 0 Å². The molecule has 0 saturated carbocycles. The van der Waals surface area contributed by atoms with Crippen molar-refractivity contribution in [3.05, 3.63) is 11.8 Å². The highest BCUT2D eigenvalue weighted by Crippen LogP contribution is 2.06. The lowest BCUT2D eigenvalue weighted by atomic mass is 10.8. The maximum absolute atomic E-state index is 5.08. The van der Waals surface area contributed by atoms with Gasteiger partial charge in [-0.25, -0.2) is 0 Å². The average molecular weight is 162 g/mol. The fourth-order valence-electron chi connectivity index (χ4n) is 0.658. The molecule has 0 heterocycles. The first kappa shape index (κ1) is 9.84. The molecule has 10 heavy (non-hydrogen) atoms. The number of rotatable bonds is 4. The second-order valence-corrected chi connectivity index (χ2v) is 4.48. The Morgan fingerprint density at radius 3 is 1.50 bits per heavy atom. The highest BCUT2D eigenvalue weighted by atomic mass is 28.4. The van der Waals surface area contributed by atoms with Crippen molar-refractivity contribution in [2.45, 2.75) is 6.92 Å². The van der Waals surface area contributed by atoms with Crippen molar-refractivity contribution in [3.63, 3.8) is 0 Å². The molecule has 0 rings (SSSR count). The summed E-state index contributed by atoms with van der Waals surface area (Å²) in [6, 6.07) is 0. The van der Waals surface area contributed by atoms with Gasteiger partial charge in [0, 0.05) is 21.3 Å². The van der Waals surface area contributed by atoms with Gasteiger partial charge < -0.3 is 13.3 Å². The standard InChI is InChI=1S/C6H14O3Si/c1-5-6-10(7-2,8-3)9-4/h5-6H,1-4H3/b6-5-. The zero-order valence-corrected chi connectivity index (χ0v) is 7.88. The van der Waals surface area contributed by atoms with Crippen LogP contribution in [0.2, 0.25) is 0 Å². The van der Waals surface area contributed by atoms with Crippen LogP contribution < -0.4 is 0 Å². The molecule has 0 fully saturated rings. The molecule has 0 bridgehead atoms. The molecule has 0 saturated heterocycles. The van der Waals surface area contributed by atoms with Crippen LogP contribution in [-0.2, 0) is 13.3 Å². The molecule has 0 aromatic heterocycles. The van der Waals surface area contributed by atoms with Crippen molar-refractivity contribution in [3.8, 4) is 0 Å². The molecule has 0 aliphatic rings. The smallest absolute Gasteiger partial charge is 0.374 e. The van der Waals surface area contributed by atoms with E-state index in [4.69, 9.17) is 13.3 Å². The van der Waals surface area contributed by atoms with Crippen molar-refractivity contribution < 1.29 is 13.3 Å². The predicted molar refractivity (Wildman–Crippen MR) is 41.6 cm³/mol. The molecule has 0 aromatic carbocycles. The van der Waals surface area contributed by atoms with Crippen LogP contribution in [0.3, 0.4) is 0 Å². The van der Waals surface area contributed by atoms with E-state index in [1.165, 1.54) is 0 Å².